The Hall–Kier alpha value is -3.15. The van der Waals surface area contributed by atoms with Crippen molar-refractivity contribution in [2.45, 2.75) is 37.7 Å². The van der Waals surface area contributed by atoms with Crippen molar-refractivity contribution in [3.8, 4) is 5.75 Å². The fraction of sp³-hybridized carbons (Fsp3) is 0.350. The first-order chi connectivity index (χ1) is 15.2. The Kier molecular flexibility index (Phi) is 7.33. The number of alkyl halides is 3. The molecule has 0 aliphatic carbocycles. The van der Waals surface area contributed by atoms with Crippen LogP contribution in [0.25, 0.3) is 11.0 Å². The van der Waals surface area contributed by atoms with Crippen LogP contribution in [-0.2, 0) is 32.8 Å². The zero-order valence-corrected chi connectivity index (χ0v) is 18.0. The number of nitrogens with zero attached hydrogens (tertiary/aromatic N) is 3. The van der Waals surface area contributed by atoms with Crippen LogP contribution in [0.3, 0.4) is 0 Å². The van der Waals surface area contributed by atoms with E-state index in [4.69, 9.17) is 14.2 Å². The Morgan fingerprint density at radius 1 is 1.19 bits per heavy atom. The van der Waals surface area contributed by atoms with Crippen molar-refractivity contribution < 1.29 is 36.4 Å². The summed E-state index contributed by atoms with van der Waals surface area (Å²) in [7, 11) is -1.76. The van der Waals surface area contributed by atoms with E-state index >= 15 is 0 Å². The predicted molar refractivity (Wildman–Crippen MR) is 108 cm³/mol. The molecule has 1 unspecified atom stereocenters. The number of rotatable bonds is 8. The third-order valence-corrected chi connectivity index (χ3v) is 5.57. The van der Waals surface area contributed by atoms with Crippen LogP contribution >= 0.6 is 0 Å². The van der Waals surface area contributed by atoms with Gasteiger partial charge in [0.2, 0.25) is 5.16 Å². The molecule has 0 aliphatic rings. The third-order valence-electron chi connectivity index (χ3n) is 4.31. The molecule has 32 heavy (non-hydrogen) atoms. The van der Waals surface area contributed by atoms with Gasteiger partial charge >= 0.3 is 12.3 Å². The molecule has 2 aromatic heterocycles. The minimum atomic E-state index is -4.48. The number of fused-ring (bicyclic) bond motifs is 1. The molecule has 0 saturated carbocycles. The smallest absolute Gasteiger partial charge is 0.484 e. The molecule has 0 saturated heterocycles. The summed E-state index contributed by atoms with van der Waals surface area (Å²) in [5, 5.41) is 0.123. The Bertz CT molecular complexity index is 1130. The second-order valence-corrected chi connectivity index (χ2v) is 7.89. The van der Waals surface area contributed by atoms with E-state index in [0.29, 0.717) is 22.3 Å². The number of carbonyl (C=O) groups is 1. The Labute approximate surface area is 183 Å². The first kappa shape index (κ1) is 23.5. The van der Waals surface area contributed by atoms with Crippen LogP contribution in [0.4, 0.5) is 18.0 Å². The predicted octanol–water partition coefficient (Wildman–Crippen LogP) is 4.12. The van der Waals surface area contributed by atoms with E-state index < -0.39 is 29.7 Å². The van der Waals surface area contributed by atoms with Crippen molar-refractivity contribution in [2.24, 2.45) is 0 Å². The third kappa shape index (κ3) is 5.75. The summed E-state index contributed by atoms with van der Waals surface area (Å²) in [6.07, 6.45) is -4.07. The number of halogens is 3. The van der Waals surface area contributed by atoms with Gasteiger partial charge in [0, 0.05) is 11.8 Å². The van der Waals surface area contributed by atoms with Crippen LogP contribution in [0.15, 0.2) is 41.7 Å². The molecule has 3 aromatic rings. The lowest BCUT2D eigenvalue weighted by Crippen LogP contribution is -2.20. The van der Waals surface area contributed by atoms with Crippen LogP contribution in [0.2, 0.25) is 0 Å². The number of hydrogen-bond acceptors (Lipinski definition) is 7. The summed E-state index contributed by atoms with van der Waals surface area (Å²) < 4.78 is 66.7. The van der Waals surface area contributed by atoms with E-state index in [1.807, 2.05) is 0 Å². The van der Waals surface area contributed by atoms with Gasteiger partial charge in [0.05, 0.1) is 39.9 Å². The number of hydrogen-bond donors (Lipinski definition) is 0. The molecule has 3 rings (SSSR count). The van der Waals surface area contributed by atoms with E-state index in [0.717, 1.165) is 0 Å². The van der Waals surface area contributed by atoms with Gasteiger partial charge in [-0.1, -0.05) is 12.1 Å². The van der Waals surface area contributed by atoms with E-state index in [9.17, 15) is 22.2 Å². The molecule has 2 heterocycles. The minimum absolute atomic E-state index is 0.00322. The van der Waals surface area contributed by atoms with Crippen molar-refractivity contribution >= 4 is 28.0 Å². The van der Waals surface area contributed by atoms with Gasteiger partial charge in [0.15, 0.2) is 13.3 Å². The lowest BCUT2D eigenvalue weighted by atomic mass is 10.2. The lowest BCUT2D eigenvalue weighted by Gasteiger charge is -2.13. The minimum Gasteiger partial charge on any atom is -0.484 e. The van der Waals surface area contributed by atoms with E-state index in [1.165, 1.54) is 23.8 Å². The van der Waals surface area contributed by atoms with Crippen LogP contribution < -0.4 is 4.74 Å². The number of carbonyl (C=O) groups excluding carboxylic acids is 1. The van der Waals surface area contributed by atoms with Crippen LogP contribution in [0.1, 0.15) is 18.2 Å². The van der Waals surface area contributed by atoms with Gasteiger partial charge in [-0.2, -0.15) is 13.2 Å². The highest BCUT2D eigenvalue weighted by atomic mass is 32.2. The highest BCUT2D eigenvalue weighted by molar-refractivity contribution is 7.84. The monoisotopic (exact) mass is 471 g/mol. The zero-order valence-electron chi connectivity index (χ0n) is 17.2. The molecule has 0 bridgehead atoms. The molecular weight excluding hydrogens is 451 g/mol. The molecule has 1 atom stereocenters. The fourth-order valence-electron chi connectivity index (χ4n) is 2.84. The second kappa shape index (κ2) is 9.98. The fourth-order valence-corrected chi connectivity index (χ4v) is 4.10. The van der Waals surface area contributed by atoms with Gasteiger partial charge in [0.25, 0.3) is 0 Å². The van der Waals surface area contributed by atoms with Crippen molar-refractivity contribution in [3.63, 3.8) is 0 Å². The highest BCUT2D eigenvalue weighted by Crippen LogP contribution is 2.26. The first-order valence-corrected chi connectivity index (χ1v) is 10.8. The van der Waals surface area contributed by atoms with Crippen molar-refractivity contribution in [3.05, 3.63) is 47.8 Å². The van der Waals surface area contributed by atoms with Crippen molar-refractivity contribution in [2.75, 3.05) is 13.2 Å². The van der Waals surface area contributed by atoms with Gasteiger partial charge in [0.1, 0.15) is 5.75 Å². The van der Waals surface area contributed by atoms with Gasteiger partial charge in [-0.3, -0.25) is 13.8 Å². The van der Waals surface area contributed by atoms with Gasteiger partial charge < -0.3 is 14.2 Å². The quantitative estimate of drug-likeness (QED) is 0.456. The Morgan fingerprint density at radius 2 is 1.94 bits per heavy atom. The molecular formula is C20H20F3N3O5S. The van der Waals surface area contributed by atoms with Gasteiger partial charge in [-0.15, -0.1) is 0 Å². The van der Waals surface area contributed by atoms with Gasteiger partial charge in [-0.05, 0) is 32.0 Å². The highest BCUT2D eigenvalue weighted by Gasteiger charge is 2.29. The molecule has 0 N–H and O–H groups in total. The number of para-hydroxylation sites is 2. The van der Waals surface area contributed by atoms with Crippen LogP contribution in [0.5, 0.6) is 5.75 Å². The van der Waals surface area contributed by atoms with Crippen molar-refractivity contribution in [1.82, 2.24) is 14.5 Å². The largest absolute Gasteiger partial charge is 0.510 e. The number of imidazole rings is 1. The summed E-state index contributed by atoms with van der Waals surface area (Å²) in [5.74, 6) is -0.124. The molecule has 0 aliphatic heterocycles. The Morgan fingerprint density at radius 3 is 2.66 bits per heavy atom. The van der Waals surface area contributed by atoms with Crippen molar-refractivity contribution in [1.29, 1.82) is 0 Å². The number of ether oxygens (including phenoxy) is 3. The average molecular weight is 471 g/mol. The average Bonchev–Trinajstić information content (AvgIpc) is 3.11. The second-order valence-electron chi connectivity index (χ2n) is 6.54. The number of pyridine rings is 1. The maximum atomic E-state index is 13.2. The van der Waals surface area contributed by atoms with E-state index in [2.05, 4.69) is 9.97 Å². The SMILES string of the molecule is CCOC(=O)OCn1c(S(=O)Cc2nccc(OCC(F)(F)F)c2C)nc2ccccc21. The van der Waals surface area contributed by atoms with E-state index in [1.54, 1.807) is 31.2 Å². The maximum Gasteiger partial charge on any atom is 0.510 e. The molecule has 0 amide bonds. The Balaban J connectivity index is 1.86. The molecule has 1 aromatic carbocycles. The number of aromatic nitrogens is 3. The molecule has 0 fully saturated rings. The molecule has 172 valence electrons. The normalized spacial score (nSPS) is 12.5. The first-order valence-electron chi connectivity index (χ1n) is 9.46. The molecule has 12 heteroatoms. The standard InChI is InChI=1S/C20H20F3N3O5S/c1-3-29-19(27)31-12-26-16-7-5-4-6-14(16)25-18(26)32(28)10-15-13(2)17(8-9-24-15)30-11-20(21,22)23/h4-9H,3,10-12H2,1-2H3. The lowest BCUT2D eigenvalue weighted by molar-refractivity contribution is -0.153. The topological polar surface area (TPSA) is 92.5 Å². The number of benzene rings is 1. The van der Waals surface area contributed by atoms with Gasteiger partial charge in [-0.25, -0.2) is 9.78 Å². The van der Waals surface area contributed by atoms with E-state index in [-0.39, 0.29) is 30.0 Å². The summed E-state index contributed by atoms with van der Waals surface area (Å²) in [4.78, 5) is 20.1. The maximum absolute atomic E-state index is 13.2. The summed E-state index contributed by atoms with van der Waals surface area (Å²) >= 11 is 0. The van der Waals surface area contributed by atoms with Crippen LogP contribution in [-0.4, -0.2) is 44.3 Å². The molecule has 0 spiro atoms. The molecule has 8 nitrogen and oxygen atoms in total. The summed E-state index contributed by atoms with van der Waals surface area (Å²) in [6, 6.07) is 8.27. The molecule has 0 radical (unpaired) electrons. The summed E-state index contributed by atoms with van der Waals surface area (Å²) in [6.45, 7) is 1.59. The summed E-state index contributed by atoms with van der Waals surface area (Å²) in [5.41, 5.74) is 1.77. The van der Waals surface area contributed by atoms with Crippen LogP contribution in [0, 0.1) is 6.92 Å². The zero-order chi connectivity index (χ0) is 23.3.